The van der Waals surface area contributed by atoms with Crippen LogP contribution in [0.5, 0.6) is 0 Å². The zero-order valence-electron chi connectivity index (χ0n) is 16.5. The minimum atomic E-state index is -4.23. The number of nitrogens with zero attached hydrogens (tertiary/aromatic N) is 2. The van der Waals surface area contributed by atoms with Crippen molar-refractivity contribution in [1.29, 1.82) is 0 Å². The SMILES string of the molecule is CC(C)(C)c1nc2cc(S(=O)(=O)C3CCNC3=O)ccc2n1CCCC(F)(F)F. The van der Waals surface area contributed by atoms with Gasteiger partial charge >= 0.3 is 6.18 Å². The monoisotopic (exact) mass is 431 g/mol. The number of halogens is 3. The highest BCUT2D eigenvalue weighted by Crippen LogP contribution is 2.31. The highest BCUT2D eigenvalue weighted by Gasteiger charge is 2.37. The summed E-state index contributed by atoms with van der Waals surface area (Å²) in [7, 11) is -3.86. The summed E-state index contributed by atoms with van der Waals surface area (Å²) in [5.74, 6) is 0.0704. The number of aryl methyl sites for hydroxylation is 1. The van der Waals surface area contributed by atoms with Crippen LogP contribution in [-0.4, -0.2) is 41.8 Å². The van der Waals surface area contributed by atoms with Gasteiger partial charge in [-0.15, -0.1) is 0 Å². The lowest BCUT2D eigenvalue weighted by Crippen LogP contribution is -2.30. The second-order valence-electron chi connectivity index (χ2n) is 8.32. The lowest BCUT2D eigenvalue weighted by Gasteiger charge is -2.20. The Balaban J connectivity index is 2.02. The molecule has 1 aliphatic heterocycles. The molecule has 2 heterocycles. The van der Waals surface area contributed by atoms with E-state index in [0.717, 1.165) is 0 Å². The number of aromatic nitrogens is 2. The number of benzene rings is 1. The summed E-state index contributed by atoms with van der Waals surface area (Å²) in [6.07, 6.45) is -5.03. The van der Waals surface area contributed by atoms with Gasteiger partial charge in [0.2, 0.25) is 5.91 Å². The molecule has 1 aromatic carbocycles. The summed E-state index contributed by atoms with van der Waals surface area (Å²) in [4.78, 5) is 16.4. The smallest absolute Gasteiger partial charge is 0.355 e. The number of hydrogen-bond acceptors (Lipinski definition) is 4. The molecule has 0 spiro atoms. The number of alkyl halides is 3. The minimum absolute atomic E-state index is 0.00699. The Hall–Kier alpha value is -2.10. The highest BCUT2D eigenvalue weighted by molar-refractivity contribution is 7.92. The van der Waals surface area contributed by atoms with E-state index in [1.807, 2.05) is 20.8 Å². The van der Waals surface area contributed by atoms with E-state index in [1.54, 1.807) is 10.6 Å². The maximum absolute atomic E-state index is 12.8. The van der Waals surface area contributed by atoms with Gasteiger partial charge in [0.05, 0.1) is 15.9 Å². The molecule has 0 saturated carbocycles. The zero-order chi connectivity index (χ0) is 21.6. The van der Waals surface area contributed by atoms with E-state index in [1.165, 1.54) is 12.1 Å². The van der Waals surface area contributed by atoms with Crippen molar-refractivity contribution in [2.24, 2.45) is 0 Å². The van der Waals surface area contributed by atoms with Crippen molar-refractivity contribution in [3.63, 3.8) is 0 Å². The molecular weight excluding hydrogens is 407 g/mol. The lowest BCUT2D eigenvalue weighted by molar-refractivity contribution is -0.135. The molecular formula is C19H24F3N3O3S. The Morgan fingerprint density at radius 1 is 1.24 bits per heavy atom. The zero-order valence-corrected chi connectivity index (χ0v) is 17.3. The van der Waals surface area contributed by atoms with Gasteiger partial charge in [-0.05, 0) is 31.0 Å². The maximum atomic E-state index is 12.8. The normalized spacial score (nSPS) is 18.4. The van der Waals surface area contributed by atoms with Gasteiger partial charge in [-0.1, -0.05) is 20.8 Å². The third-order valence-corrected chi connectivity index (χ3v) is 7.04. The van der Waals surface area contributed by atoms with Crippen LogP contribution in [0, 0.1) is 0 Å². The summed E-state index contributed by atoms with van der Waals surface area (Å²) in [6, 6.07) is 4.37. The van der Waals surface area contributed by atoms with Gasteiger partial charge in [-0.2, -0.15) is 13.2 Å². The third kappa shape index (κ3) is 4.41. The number of carbonyl (C=O) groups is 1. The Morgan fingerprint density at radius 2 is 1.93 bits per heavy atom. The van der Waals surface area contributed by atoms with Crippen molar-refractivity contribution in [2.75, 3.05) is 6.54 Å². The van der Waals surface area contributed by atoms with Gasteiger partial charge in [0.25, 0.3) is 0 Å². The van der Waals surface area contributed by atoms with Crippen molar-refractivity contribution in [3.8, 4) is 0 Å². The molecule has 0 bridgehead atoms. The van der Waals surface area contributed by atoms with Gasteiger partial charge in [-0.3, -0.25) is 4.79 Å². The molecule has 1 fully saturated rings. The van der Waals surface area contributed by atoms with Gasteiger partial charge in [0, 0.05) is 24.9 Å². The van der Waals surface area contributed by atoms with E-state index < -0.39 is 39.0 Å². The lowest BCUT2D eigenvalue weighted by atomic mass is 9.95. The third-order valence-electron chi connectivity index (χ3n) is 4.93. The topological polar surface area (TPSA) is 81.1 Å². The first-order valence-corrected chi connectivity index (χ1v) is 10.9. The summed E-state index contributed by atoms with van der Waals surface area (Å²) < 4.78 is 65.1. The van der Waals surface area contributed by atoms with E-state index in [2.05, 4.69) is 10.3 Å². The molecule has 2 aromatic rings. The summed E-state index contributed by atoms with van der Waals surface area (Å²) in [5.41, 5.74) is 0.523. The molecule has 160 valence electrons. The molecule has 0 aliphatic carbocycles. The fourth-order valence-corrected chi connectivity index (χ4v) is 5.21. The van der Waals surface area contributed by atoms with Crippen LogP contribution in [0.25, 0.3) is 11.0 Å². The predicted octanol–water partition coefficient (Wildman–Crippen LogP) is 3.34. The first-order chi connectivity index (χ1) is 13.3. The van der Waals surface area contributed by atoms with Gasteiger partial charge in [0.1, 0.15) is 11.1 Å². The van der Waals surface area contributed by atoms with E-state index in [-0.39, 0.29) is 24.3 Å². The van der Waals surface area contributed by atoms with Crippen LogP contribution in [0.15, 0.2) is 23.1 Å². The molecule has 1 N–H and O–H groups in total. The van der Waals surface area contributed by atoms with E-state index in [4.69, 9.17) is 0 Å². The van der Waals surface area contributed by atoms with Gasteiger partial charge < -0.3 is 9.88 Å². The van der Waals surface area contributed by atoms with Crippen molar-refractivity contribution in [2.45, 2.75) is 68.3 Å². The summed E-state index contributed by atoms with van der Waals surface area (Å²) >= 11 is 0. The summed E-state index contributed by atoms with van der Waals surface area (Å²) in [5, 5.41) is 1.39. The molecule has 1 unspecified atom stereocenters. The minimum Gasteiger partial charge on any atom is -0.355 e. The number of imidazole rings is 1. The van der Waals surface area contributed by atoms with Gasteiger partial charge in [0.15, 0.2) is 9.84 Å². The number of fused-ring (bicyclic) bond motifs is 1. The van der Waals surface area contributed by atoms with Crippen LogP contribution in [-0.2, 0) is 26.6 Å². The van der Waals surface area contributed by atoms with E-state index in [0.29, 0.717) is 23.4 Å². The first kappa shape index (κ1) is 21.6. The fraction of sp³-hybridized carbons (Fsp3) is 0.579. The average Bonchev–Trinajstić information content (AvgIpc) is 3.17. The Labute approximate surface area is 167 Å². The molecule has 1 saturated heterocycles. The number of amides is 1. The van der Waals surface area contributed by atoms with Crippen molar-refractivity contribution >= 4 is 26.8 Å². The molecule has 6 nitrogen and oxygen atoms in total. The van der Waals surface area contributed by atoms with Crippen LogP contribution >= 0.6 is 0 Å². The van der Waals surface area contributed by atoms with Crippen LogP contribution in [0.1, 0.15) is 45.9 Å². The van der Waals surface area contributed by atoms with Crippen molar-refractivity contribution in [3.05, 3.63) is 24.0 Å². The molecule has 1 atom stereocenters. The van der Waals surface area contributed by atoms with Crippen LogP contribution in [0.4, 0.5) is 13.2 Å². The van der Waals surface area contributed by atoms with Crippen LogP contribution < -0.4 is 5.32 Å². The Kier molecular flexibility index (Phi) is 5.44. The number of nitrogens with one attached hydrogen (secondary N) is 1. The van der Waals surface area contributed by atoms with Crippen molar-refractivity contribution in [1.82, 2.24) is 14.9 Å². The van der Waals surface area contributed by atoms with Crippen LogP contribution in [0.3, 0.4) is 0 Å². The quantitative estimate of drug-likeness (QED) is 0.787. The summed E-state index contributed by atoms with van der Waals surface area (Å²) in [6.45, 7) is 6.13. The molecule has 29 heavy (non-hydrogen) atoms. The maximum Gasteiger partial charge on any atom is 0.389 e. The molecule has 1 aromatic heterocycles. The molecule has 0 radical (unpaired) electrons. The first-order valence-electron chi connectivity index (χ1n) is 9.40. The molecule has 1 aliphatic rings. The average molecular weight is 431 g/mol. The molecule has 10 heteroatoms. The van der Waals surface area contributed by atoms with Gasteiger partial charge in [-0.25, -0.2) is 13.4 Å². The van der Waals surface area contributed by atoms with E-state index in [9.17, 15) is 26.4 Å². The largest absolute Gasteiger partial charge is 0.389 e. The second-order valence-corrected chi connectivity index (χ2v) is 10.5. The number of sulfone groups is 1. The van der Waals surface area contributed by atoms with Crippen molar-refractivity contribution < 1.29 is 26.4 Å². The van der Waals surface area contributed by atoms with Crippen LogP contribution in [0.2, 0.25) is 0 Å². The molecule has 1 amide bonds. The molecule has 3 rings (SSSR count). The highest BCUT2D eigenvalue weighted by atomic mass is 32.2. The second kappa shape index (κ2) is 7.30. The number of hydrogen-bond donors (Lipinski definition) is 1. The predicted molar refractivity (Wildman–Crippen MR) is 102 cm³/mol. The van der Waals surface area contributed by atoms with E-state index >= 15 is 0 Å². The Bertz CT molecular complexity index is 1040. The number of rotatable bonds is 5. The number of carbonyl (C=O) groups excluding carboxylic acids is 1. The Morgan fingerprint density at radius 3 is 2.48 bits per heavy atom. The fourth-order valence-electron chi connectivity index (χ4n) is 3.55. The standard InChI is InChI=1S/C19H24F3N3O3S/c1-18(2,3)17-24-13-11-12(29(27,28)15-7-9-23-16(15)26)5-6-14(13)25(17)10-4-8-19(20,21)22/h5-6,11,15H,4,7-10H2,1-3H3,(H,23,26).